The topological polar surface area (TPSA) is 83.3 Å². The molecule has 0 aliphatic heterocycles. The number of unbranched alkanes of at least 4 members (excludes halogenated alkanes) is 1. The van der Waals surface area contributed by atoms with Gasteiger partial charge in [0.25, 0.3) is 0 Å². The zero-order chi connectivity index (χ0) is 17.5. The van der Waals surface area contributed by atoms with Crippen LogP contribution in [0.5, 0.6) is 0 Å². The van der Waals surface area contributed by atoms with Gasteiger partial charge in [-0.25, -0.2) is 9.48 Å². The summed E-state index contributed by atoms with van der Waals surface area (Å²) in [6, 6.07) is 6.65. The summed E-state index contributed by atoms with van der Waals surface area (Å²) in [5, 5.41) is 8.18. The van der Waals surface area contributed by atoms with Crippen molar-refractivity contribution in [3.05, 3.63) is 24.3 Å². The van der Waals surface area contributed by atoms with Crippen molar-refractivity contribution < 1.29 is 19.1 Å². The molecule has 1 aromatic heterocycles. The molecule has 0 bridgehead atoms. The highest BCUT2D eigenvalue weighted by Crippen LogP contribution is 2.24. The maximum atomic E-state index is 12.5. The van der Waals surface area contributed by atoms with E-state index in [9.17, 15) is 9.59 Å². The van der Waals surface area contributed by atoms with Gasteiger partial charge in [0.1, 0.15) is 5.52 Å². The Balaban J connectivity index is 2.27. The molecule has 0 aliphatic rings. The predicted octanol–water partition coefficient (Wildman–Crippen LogP) is 2.51. The molecule has 0 saturated carbocycles. The van der Waals surface area contributed by atoms with Gasteiger partial charge in [0, 0.05) is 0 Å². The normalized spacial score (nSPS) is 13.5. The molecule has 0 fully saturated rings. The lowest BCUT2D eigenvalue weighted by molar-refractivity contribution is -0.150. The fourth-order valence-electron chi connectivity index (χ4n) is 2.46. The Bertz CT molecular complexity index is 698. The maximum absolute atomic E-state index is 12.5. The number of esters is 2. The predicted molar refractivity (Wildman–Crippen MR) is 88.2 cm³/mol. The smallest absolute Gasteiger partial charge is 0.331 e. The lowest BCUT2D eigenvalue weighted by atomic mass is 10.0. The Labute approximate surface area is 140 Å². The minimum Gasteiger partial charge on any atom is -0.469 e. The van der Waals surface area contributed by atoms with Crippen LogP contribution in [0.3, 0.4) is 0 Å². The van der Waals surface area contributed by atoms with E-state index in [4.69, 9.17) is 9.47 Å². The van der Waals surface area contributed by atoms with Crippen LogP contribution < -0.4 is 0 Å². The number of benzene rings is 1. The third kappa shape index (κ3) is 4.10. The van der Waals surface area contributed by atoms with E-state index in [1.54, 1.807) is 6.92 Å². The van der Waals surface area contributed by atoms with E-state index < -0.39 is 17.9 Å². The molecule has 0 amide bonds. The van der Waals surface area contributed by atoms with Crippen LogP contribution in [0.2, 0.25) is 0 Å². The number of ether oxygens (including phenoxy) is 2. The SMILES string of the molecule is CCCCOC(=O)C(CC(C)C(=O)OC)n1nnc2ccccc21. The first kappa shape index (κ1) is 17.9. The van der Waals surface area contributed by atoms with Crippen molar-refractivity contribution in [3.8, 4) is 0 Å². The highest BCUT2D eigenvalue weighted by atomic mass is 16.5. The van der Waals surface area contributed by atoms with E-state index in [1.165, 1.54) is 11.8 Å². The number of hydrogen-bond donors (Lipinski definition) is 0. The molecule has 24 heavy (non-hydrogen) atoms. The maximum Gasteiger partial charge on any atom is 0.331 e. The van der Waals surface area contributed by atoms with Gasteiger partial charge in [0.05, 0.1) is 25.2 Å². The third-order valence-electron chi connectivity index (χ3n) is 3.87. The van der Waals surface area contributed by atoms with Crippen LogP contribution in [0.15, 0.2) is 24.3 Å². The molecular weight excluding hydrogens is 310 g/mol. The van der Waals surface area contributed by atoms with E-state index in [1.807, 2.05) is 31.2 Å². The van der Waals surface area contributed by atoms with Crippen LogP contribution in [-0.2, 0) is 19.1 Å². The molecule has 7 nitrogen and oxygen atoms in total. The molecule has 7 heteroatoms. The molecule has 0 aliphatic carbocycles. The number of methoxy groups -OCH3 is 1. The van der Waals surface area contributed by atoms with Gasteiger partial charge in [-0.15, -0.1) is 5.10 Å². The van der Waals surface area contributed by atoms with Crippen molar-refractivity contribution in [3.63, 3.8) is 0 Å². The number of carbonyl (C=O) groups is 2. The zero-order valence-electron chi connectivity index (χ0n) is 14.3. The van der Waals surface area contributed by atoms with Crippen LogP contribution in [-0.4, -0.2) is 40.6 Å². The second-order valence-electron chi connectivity index (χ2n) is 5.72. The molecule has 0 radical (unpaired) electrons. The van der Waals surface area contributed by atoms with Gasteiger partial charge < -0.3 is 9.47 Å². The van der Waals surface area contributed by atoms with E-state index in [0.29, 0.717) is 12.1 Å². The fourth-order valence-corrected chi connectivity index (χ4v) is 2.46. The molecular formula is C17H23N3O4. The number of para-hydroxylation sites is 1. The summed E-state index contributed by atoms with van der Waals surface area (Å²) in [5.41, 5.74) is 1.42. The third-order valence-corrected chi connectivity index (χ3v) is 3.87. The molecule has 0 N–H and O–H groups in total. The summed E-state index contributed by atoms with van der Waals surface area (Å²) >= 11 is 0. The van der Waals surface area contributed by atoms with Gasteiger partial charge in [-0.1, -0.05) is 37.6 Å². The Morgan fingerprint density at radius 1 is 1.25 bits per heavy atom. The van der Waals surface area contributed by atoms with Gasteiger partial charge in [-0.2, -0.15) is 0 Å². The number of aromatic nitrogens is 3. The van der Waals surface area contributed by atoms with E-state index >= 15 is 0 Å². The van der Waals surface area contributed by atoms with Crippen molar-refractivity contribution in [1.29, 1.82) is 0 Å². The largest absolute Gasteiger partial charge is 0.469 e. The van der Waals surface area contributed by atoms with E-state index in [-0.39, 0.29) is 12.4 Å². The highest BCUT2D eigenvalue weighted by molar-refractivity contribution is 5.80. The van der Waals surface area contributed by atoms with Crippen LogP contribution in [0.25, 0.3) is 11.0 Å². The van der Waals surface area contributed by atoms with Crippen molar-refractivity contribution >= 4 is 23.0 Å². The molecule has 130 valence electrons. The highest BCUT2D eigenvalue weighted by Gasteiger charge is 2.30. The first-order valence-corrected chi connectivity index (χ1v) is 8.12. The lowest BCUT2D eigenvalue weighted by Crippen LogP contribution is -2.28. The molecule has 2 unspecified atom stereocenters. The zero-order valence-corrected chi connectivity index (χ0v) is 14.3. The number of rotatable bonds is 8. The van der Waals surface area contributed by atoms with Gasteiger partial charge >= 0.3 is 11.9 Å². The number of carbonyl (C=O) groups excluding carboxylic acids is 2. The fraction of sp³-hybridized carbons (Fsp3) is 0.529. The van der Waals surface area contributed by atoms with Crippen molar-refractivity contribution in [1.82, 2.24) is 15.0 Å². The summed E-state index contributed by atoms with van der Waals surface area (Å²) in [4.78, 5) is 24.3. The minimum absolute atomic E-state index is 0.241. The van der Waals surface area contributed by atoms with Crippen LogP contribution in [0.1, 0.15) is 39.2 Å². The van der Waals surface area contributed by atoms with Gasteiger partial charge in [0.15, 0.2) is 6.04 Å². The quantitative estimate of drug-likeness (QED) is 0.545. The molecule has 1 heterocycles. The molecule has 0 saturated heterocycles. The number of hydrogen-bond acceptors (Lipinski definition) is 6. The summed E-state index contributed by atoms with van der Waals surface area (Å²) in [6.45, 7) is 4.10. The standard InChI is InChI=1S/C17H23N3O4/c1-4-5-10-24-17(22)15(11-12(2)16(21)23-3)20-14-9-7-6-8-13(14)18-19-20/h6-9,12,15H,4-5,10-11H2,1-3H3. The first-order valence-electron chi connectivity index (χ1n) is 8.12. The van der Waals surface area contributed by atoms with Crippen molar-refractivity contribution in [2.75, 3.05) is 13.7 Å². The Morgan fingerprint density at radius 2 is 2.00 bits per heavy atom. The second-order valence-corrected chi connectivity index (χ2v) is 5.72. The van der Waals surface area contributed by atoms with Crippen LogP contribution in [0.4, 0.5) is 0 Å². The molecule has 1 aromatic carbocycles. The molecule has 2 rings (SSSR count). The first-order chi connectivity index (χ1) is 11.6. The average Bonchev–Trinajstić information content (AvgIpc) is 3.02. The molecule has 2 aromatic rings. The van der Waals surface area contributed by atoms with Gasteiger partial charge in [0.2, 0.25) is 0 Å². The van der Waals surface area contributed by atoms with Crippen LogP contribution >= 0.6 is 0 Å². The van der Waals surface area contributed by atoms with E-state index in [0.717, 1.165) is 18.4 Å². The molecule has 2 atom stereocenters. The Kier molecular flexibility index (Phi) is 6.28. The summed E-state index contributed by atoms with van der Waals surface area (Å²) in [5.74, 6) is -1.23. The lowest BCUT2D eigenvalue weighted by Gasteiger charge is -2.19. The average molecular weight is 333 g/mol. The number of fused-ring (bicyclic) bond motifs is 1. The monoisotopic (exact) mass is 333 g/mol. The van der Waals surface area contributed by atoms with Gasteiger partial charge in [-0.3, -0.25) is 4.79 Å². The Hall–Kier alpha value is -2.44. The number of nitrogens with zero attached hydrogens (tertiary/aromatic N) is 3. The summed E-state index contributed by atoms with van der Waals surface area (Å²) in [6.07, 6.45) is 1.97. The summed E-state index contributed by atoms with van der Waals surface area (Å²) < 4.78 is 11.6. The van der Waals surface area contributed by atoms with Crippen LogP contribution in [0, 0.1) is 5.92 Å². The van der Waals surface area contributed by atoms with Crippen molar-refractivity contribution in [2.24, 2.45) is 5.92 Å². The minimum atomic E-state index is -0.719. The van der Waals surface area contributed by atoms with Gasteiger partial charge in [-0.05, 0) is 25.0 Å². The summed E-state index contributed by atoms with van der Waals surface area (Å²) in [7, 11) is 1.33. The Morgan fingerprint density at radius 3 is 2.71 bits per heavy atom. The van der Waals surface area contributed by atoms with Crippen molar-refractivity contribution in [2.45, 2.75) is 39.2 Å². The molecule has 0 spiro atoms. The van der Waals surface area contributed by atoms with E-state index in [2.05, 4.69) is 10.3 Å². The second kappa shape index (κ2) is 8.42.